The topological polar surface area (TPSA) is 41.3 Å². The Bertz CT molecular complexity index is 1140. The summed E-state index contributed by atoms with van der Waals surface area (Å²) in [6, 6.07) is 26.0. The van der Waals surface area contributed by atoms with Crippen LogP contribution in [0.25, 0.3) is 16.8 Å². The van der Waals surface area contributed by atoms with Crippen molar-refractivity contribution < 1.29 is 5.11 Å². The highest BCUT2D eigenvalue weighted by atomic mass is 35.5. The van der Waals surface area contributed by atoms with Crippen molar-refractivity contribution in [3.63, 3.8) is 0 Å². The van der Waals surface area contributed by atoms with Gasteiger partial charge in [-0.1, -0.05) is 66.2 Å². The van der Waals surface area contributed by atoms with Crippen molar-refractivity contribution in [2.24, 2.45) is 0 Å². The predicted molar refractivity (Wildman–Crippen MR) is 123 cm³/mol. The minimum absolute atomic E-state index is 0.359. The number of likely N-dealkylation sites (N-methyl/N-ethyl adjacent to an activating group) is 1. The van der Waals surface area contributed by atoms with Crippen LogP contribution in [-0.4, -0.2) is 28.3 Å². The fraction of sp³-hybridized carbons (Fsp3) is 0.160. The molecule has 4 rings (SSSR count). The Hall–Kier alpha value is -3.08. The second-order valence-electron chi connectivity index (χ2n) is 7.61. The van der Waals surface area contributed by atoms with Gasteiger partial charge in [0.05, 0.1) is 12.2 Å². The number of rotatable bonds is 6. The van der Waals surface area contributed by atoms with Crippen LogP contribution in [0, 0.1) is 0 Å². The monoisotopic (exact) mass is 417 g/mol. The van der Waals surface area contributed by atoms with Gasteiger partial charge >= 0.3 is 0 Å². The Balaban J connectivity index is 1.70. The van der Waals surface area contributed by atoms with Crippen LogP contribution in [0.15, 0.2) is 91.3 Å². The molecule has 0 saturated heterocycles. The van der Waals surface area contributed by atoms with Crippen LogP contribution in [0.1, 0.15) is 12.7 Å². The fourth-order valence-corrected chi connectivity index (χ4v) is 3.96. The number of hydrogen-bond acceptors (Lipinski definition) is 3. The van der Waals surface area contributed by atoms with Crippen LogP contribution >= 0.6 is 11.6 Å². The summed E-state index contributed by atoms with van der Waals surface area (Å²) in [5, 5.41) is 12.1. The van der Waals surface area contributed by atoms with Crippen molar-refractivity contribution in [3.05, 3.63) is 102 Å². The molecule has 0 aliphatic heterocycles. The second kappa shape index (κ2) is 8.34. The Morgan fingerprint density at radius 3 is 2.50 bits per heavy atom. The fourth-order valence-electron chi connectivity index (χ4n) is 3.78. The van der Waals surface area contributed by atoms with Gasteiger partial charge in [0.1, 0.15) is 11.4 Å². The zero-order valence-corrected chi connectivity index (χ0v) is 17.8. The zero-order valence-electron chi connectivity index (χ0n) is 17.0. The van der Waals surface area contributed by atoms with E-state index in [9.17, 15) is 5.11 Å². The lowest BCUT2D eigenvalue weighted by Crippen LogP contribution is -2.39. The Kier molecular flexibility index (Phi) is 5.62. The molecule has 1 aromatic heterocycles. The average molecular weight is 418 g/mol. The molecule has 5 heteroatoms. The van der Waals surface area contributed by atoms with Gasteiger partial charge in [-0.25, -0.2) is 4.98 Å². The summed E-state index contributed by atoms with van der Waals surface area (Å²) in [7, 11) is 1.94. The third-order valence-electron chi connectivity index (χ3n) is 5.16. The first-order valence-corrected chi connectivity index (χ1v) is 10.2. The summed E-state index contributed by atoms with van der Waals surface area (Å²) >= 11 is 6.13. The second-order valence-corrected chi connectivity index (χ2v) is 8.05. The lowest BCUT2D eigenvalue weighted by Gasteiger charge is -2.31. The third-order valence-corrected chi connectivity index (χ3v) is 5.40. The largest absolute Gasteiger partial charge is 0.380 e. The van der Waals surface area contributed by atoms with Crippen LogP contribution in [-0.2, 0) is 5.60 Å². The van der Waals surface area contributed by atoms with E-state index < -0.39 is 5.60 Å². The molecular weight excluding hydrogens is 394 g/mol. The molecule has 0 bridgehead atoms. The molecule has 0 aliphatic rings. The van der Waals surface area contributed by atoms with Crippen LogP contribution in [0.5, 0.6) is 0 Å². The summed E-state index contributed by atoms with van der Waals surface area (Å²) < 4.78 is 1.97. The summed E-state index contributed by atoms with van der Waals surface area (Å²) in [4.78, 5) is 6.50. The predicted octanol–water partition coefficient (Wildman–Crippen LogP) is 5.54. The highest BCUT2D eigenvalue weighted by Gasteiger charge is 2.31. The molecule has 0 radical (unpaired) electrons. The summed E-state index contributed by atoms with van der Waals surface area (Å²) in [6.07, 6.45) is 3.62. The quantitative estimate of drug-likeness (QED) is 0.448. The van der Waals surface area contributed by atoms with Gasteiger partial charge in [-0.3, -0.25) is 0 Å². The average Bonchev–Trinajstić information content (AvgIpc) is 3.25. The standard InChI is InChI=1S/C25H24ClN3O/c1-25(30,18-28(2)21-12-8-11-20(26)17-21)24-27-15-16-29(24)23-14-7-6-13-22(23)19-9-4-3-5-10-19/h3-17,30H,18H2,1-2H3/t25-/m0/s1. The van der Waals surface area contributed by atoms with E-state index in [-0.39, 0.29) is 0 Å². The van der Waals surface area contributed by atoms with Gasteiger partial charge in [0, 0.05) is 35.7 Å². The van der Waals surface area contributed by atoms with Gasteiger partial charge in [-0.05, 0) is 36.8 Å². The zero-order chi connectivity index (χ0) is 21.1. The van der Waals surface area contributed by atoms with E-state index in [2.05, 4.69) is 23.2 Å². The molecule has 4 aromatic rings. The van der Waals surface area contributed by atoms with Crippen molar-refractivity contribution in [2.75, 3.05) is 18.5 Å². The molecule has 152 valence electrons. The molecule has 1 heterocycles. The lowest BCUT2D eigenvalue weighted by molar-refractivity contribution is 0.0547. The minimum atomic E-state index is -1.19. The number of imidazole rings is 1. The number of para-hydroxylation sites is 1. The number of hydrogen-bond donors (Lipinski definition) is 1. The molecule has 0 unspecified atom stereocenters. The van der Waals surface area contributed by atoms with E-state index in [4.69, 9.17) is 11.6 Å². The SMILES string of the molecule is CN(C[C@](C)(O)c1nccn1-c1ccccc1-c1ccccc1)c1cccc(Cl)c1. The van der Waals surface area contributed by atoms with Crippen molar-refractivity contribution in [1.82, 2.24) is 9.55 Å². The minimum Gasteiger partial charge on any atom is -0.380 e. The molecule has 30 heavy (non-hydrogen) atoms. The van der Waals surface area contributed by atoms with E-state index in [0.717, 1.165) is 22.5 Å². The molecule has 0 saturated carbocycles. The number of halogens is 1. The number of aromatic nitrogens is 2. The molecule has 1 atom stereocenters. The van der Waals surface area contributed by atoms with Crippen LogP contribution in [0.3, 0.4) is 0 Å². The van der Waals surface area contributed by atoms with Crippen molar-refractivity contribution in [3.8, 4) is 16.8 Å². The number of benzene rings is 3. The molecule has 0 aliphatic carbocycles. The first kappa shape index (κ1) is 20.2. The van der Waals surface area contributed by atoms with Crippen LogP contribution in [0.4, 0.5) is 5.69 Å². The maximum absolute atomic E-state index is 11.4. The number of anilines is 1. The number of nitrogens with zero attached hydrogens (tertiary/aromatic N) is 3. The van der Waals surface area contributed by atoms with E-state index in [0.29, 0.717) is 17.4 Å². The normalized spacial score (nSPS) is 13.1. The van der Waals surface area contributed by atoms with Crippen molar-refractivity contribution in [2.45, 2.75) is 12.5 Å². The molecule has 1 N–H and O–H groups in total. The summed E-state index contributed by atoms with van der Waals surface area (Å²) in [5.41, 5.74) is 2.91. The maximum atomic E-state index is 11.4. The first-order valence-electron chi connectivity index (χ1n) is 9.83. The van der Waals surface area contributed by atoms with Crippen molar-refractivity contribution in [1.29, 1.82) is 0 Å². The molecule has 0 fully saturated rings. The summed E-state index contributed by atoms with van der Waals surface area (Å²) in [5.74, 6) is 0.583. The molecule has 0 spiro atoms. The Labute approximate surface area is 182 Å². The van der Waals surface area contributed by atoms with E-state index in [1.165, 1.54) is 0 Å². The van der Waals surface area contributed by atoms with Gasteiger partial charge < -0.3 is 14.6 Å². The Morgan fingerprint density at radius 2 is 1.73 bits per heavy atom. The van der Waals surface area contributed by atoms with Crippen LogP contribution < -0.4 is 4.90 Å². The van der Waals surface area contributed by atoms with E-state index in [1.54, 1.807) is 13.1 Å². The van der Waals surface area contributed by atoms with E-state index in [1.807, 2.05) is 83.4 Å². The highest BCUT2D eigenvalue weighted by Crippen LogP contribution is 2.31. The first-order chi connectivity index (χ1) is 14.5. The molecule has 4 nitrogen and oxygen atoms in total. The third kappa shape index (κ3) is 4.11. The molecular formula is C25H24ClN3O. The Morgan fingerprint density at radius 1 is 1.00 bits per heavy atom. The van der Waals surface area contributed by atoms with Gasteiger partial charge in [0.15, 0.2) is 0 Å². The van der Waals surface area contributed by atoms with Crippen molar-refractivity contribution >= 4 is 17.3 Å². The van der Waals surface area contributed by atoms with E-state index >= 15 is 0 Å². The highest BCUT2D eigenvalue weighted by molar-refractivity contribution is 6.30. The summed E-state index contributed by atoms with van der Waals surface area (Å²) in [6.45, 7) is 2.15. The lowest BCUT2D eigenvalue weighted by atomic mass is 10.0. The van der Waals surface area contributed by atoms with Gasteiger partial charge in [-0.15, -0.1) is 0 Å². The van der Waals surface area contributed by atoms with Gasteiger partial charge in [-0.2, -0.15) is 0 Å². The maximum Gasteiger partial charge on any atom is 0.146 e. The van der Waals surface area contributed by atoms with Gasteiger partial charge in [0.25, 0.3) is 0 Å². The molecule has 3 aromatic carbocycles. The molecule has 0 amide bonds. The van der Waals surface area contributed by atoms with Gasteiger partial charge in [0.2, 0.25) is 0 Å². The smallest absolute Gasteiger partial charge is 0.146 e. The number of aliphatic hydroxyl groups is 1. The van der Waals surface area contributed by atoms with Crippen LogP contribution in [0.2, 0.25) is 5.02 Å².